The van der Waals surface area contributed by atoms with Gasteiger partial charge >= 0.3 is 0 Å². The van der Waals surface area contributed by atoms with E-state index in [2.05, 4.69) is 5.32 Å². The summed E-state index contributed by atoms with van der Waals surface area (Å²) in [6.45, 7) is 0. The lowest BCUT2D eigenvalue weighted by Gasteiger charge is -2.13. The van der Waals surface area contributed by atoms with E-state index in [1.54, 1.807) is 37.4 Å². The van der Waals surface area contributed by atoms with E-state index in [0.29, 0.717) is 37.3 Å². The number of halogens is 4. The minimum absolute atomic E-state index is 0.403. The van der Waals surface area contributed by atoms with Gasteiger partial charge in [0.05, 0.1) is 20.8 Å². The molecule has 0 bridgehead atoms. The zero-order chi connectivity index (χ0) is 14.0. The first-order valence-electron chi connectivity index (χ1n) is 5.31. The second-order valence-corrected chi connectivity index (χ2v) is 5.35. The summed E-state index contributed by atoms with van der Waals surface area (Å²) in [4.78, 5) is 0. The van der Waals surface area contributed by atoms with Crippen LogP contribution in [0.5, 0.6) is 11.5 Å². The average Bonchev–Trinajstić information content (AvgIpc) is 2.36. The third kappa shape index (κ3) is 3.40. The van der Waals surface area contributed by atoms with Crippen molar-refractivity contribution in [3.8, 4) is 11.5 Å². The normalized spacial score (nSPS) is 10.4. The molecule has 0 aliphatic carbocycles. The van der Waals surface area contributed by atoms with Gasteiger partial charge in [0.25, 0.3) is 0 Å². The lowest BCUT2D eigenvalue weighted by Crippen LogP contribution is -1.94. The molecule has 0 heterocycles. The van der Waals surface area contributed by atoms with Crippen LogP contribution in [0.4, 0.5) is 5.69 Å². The number of ether oxygens (including phenoxy) is 1. The van der Waals surface area contributed by atoms with E-state index in [1.165, 1.54) is 0 Å². The Balaban J connectivity index is 2.40. The smallest absolute Gasteiger partial charge is 0.152 e. The van der Waals surface area contributed by atoms with Gasteiger partial charge in [-0.2, -0.15) is 0 Å². The molecule has 0 atom stereocenters. The Labute approximate surface area is 131 Å². The van der Waals surface area contributed by atoms with Crippen molar-refractivity contribution in [1.29, 1.82) is 0 Å². The molecule has 6 heteroatoms. The Hall–Kier alpha value is -0.800. The molecule has 0 radical (unpaired) electrons. The van der Waals surface area contributed by atoms with Crippen LogP contribution in [0.15, 0.2) is 30.3 Å². The minimum Gasteiger partial charge on any atom is -0.454 e. The average molecular weight is 337 g/mol. The summed E-state index contributed by atoms with van der Waals surface area (Å²) in [7, 11) is 1.76. The molecule has 100 valence electrons. The Morgan fingerprint density at radius 2 is 1.53 bits per heavy atom. The van der Waals surface area contributed by atoms with Crippen LogP contribution in [-0.4, -0.2) is 7.05 Å². The fourth-order valence-corrected chi connectivity index (χ4v) is 2.25. The summed E-state index contributed by atoms with van der Waals surface area (Å²) in [6, 6.07) is 8.30. The molecule has 0 saturated heterocycles. The van der Waals surface area contributed by atoms with Crippen LogP contribution >= 0.6 is 46.4 Å². The molecule has 2 rings (SSSR count). The first kappa shape index (κ1) is 14.6. The molecule has 19 heavy (non-hydrogen) atoms. The quantitative estimate of drug-likeness (QED) is 0.727. The Kier molecular flexibility index (Phi) is 4.69. The largest absolute Gasteiger partial charge is 0.454 e. The molecule has 0 aromatic heterocycles. The maximum Gasteiger partial charge on any atom is 0.152 e. The second-order valence-electron chi connectivity index (χ2n) is 3.69. The molecule has 0 unspecified atom stereocenters. The molecule has 0 amide bonds. The van der Waals surface area contributed by atoms with Crippen molar-refractivity contribution in [1.82, 2.24) is 0 Å². The highest BCUT2D eigenvalue weighted by Crippen LogP contribution is 2.39. The van der Waals surface area contributed by atoms with Gasteiger partial charge in [-0.1, -0.05) is 46.4 Å². The molecule has 2 aromatic rings. The Morgan fingerprint density at radius 1 is 0.842 bits per heavy atom. The van der Waals surface area contributed by atoms with Crippen molar-refractivity contribution in [2.24, 2.45) is 0 Å². The molecule has 0 spiro atoms. The molecular weight excluding hydrogens is 328 g/mol. The number of benzene rings is 2. The van der Waals surface area contributed by atoms with Crippen molar-refractivity contribution >= 4 is 52.1 Å². The fourth-order valence-electron chi connectivity index (χ4n) is 1.48. The number of hydrogen-bond donors (Lipinski definition) is 1. The summed E-state index contributed by atoms with van der Waals surface area (Å²) >= 11 is 23.8. The fraction of sp³-hybridized carbons (Fsp3) is 0.0769. The predicted octanol–water partition coefficient (Wildman–Crippen LogP) is 6.13. The van der Waals surface area contributed by atoms with Crippen molar-refractivity contribution < 1.29 is 4.74 Å². The Morgan fingerprint density at radius 3 is 2.16 bits per heavy atom. The summed E-state index contributed by atoms with van der Waals surface area (Å²) in [5.41, 5.74) is 0.709. The van der Waals surface area contributed by atoms with Gasteiger partial charge < -0.3 is 10.1 Å². The maximum atomic E-state index is 6.06. The summed E-state index contributed by atoms with van der Waals surface area (Å²) < 4.78 is 5.73. The van der Waals surface area contributed by atoms with Crippen LogP contribution in [0.25, 0.3) is 0 Å². The van der Waals surface area contributed by atoms with Crippen LogP contribution in [0.3, 0.4) is 0 Å². The zero-order valence-corrected chi connectivity index (χ0v) is 12.8. The van der Waals surface area contributed by atoms with Crippen molar-refractivity contribution in [3.63, 3.8) is 0 Å². The van der Waals surface area contributed by atoms with E-state index in [1.807, 2.05) is 0 Å². The molecule has 2 aromatic carbocycles. The number of rotatable bonds is 3. The van der Waals surface area contributed by atoms with Gasteiger partial charge in [0.2, 0.25) is 0 Å². The topological polar surface area (TPSA) is 21.3 Å². The second kappa shape index (κ2) is 6.10. The Bertz CT molecular complexity index is 616. The standard InChI is InChI=1S/C13H9Cl4NO/c1-18-11-5-8(15)9(16)6-13(11)19-12-3-2-7(14)4-10(12)17/h2-6,18H,1H3. The number of nitrogens with one attached hydrogen (secondary N) is 1. The van der Waals surface area contributed by atoms with E-state index >= 15 is 0 Å². The van der Waals surface area contributed by atoms with Crippen LogP contribution in [-0.2, 0) is 0 Å². The van der Waals surface area contributed by atoms with E-state index < -0.39 is 0 Å². The molecule has 0 aliphatic heterocycles. The third-order valence-corrected chi connectivity index (χ3v) is 3.66. The van der Waals surface area contributed by atoms with Crippen LogP contribution in [0.1, 0.15) is 0 Å². The first-order valence-corrected chi connectivity index (χ1v) is 6.82. The predicted molar refractivity (Wildman–Crippen MR) is 82.5 cm³/mol. The maximum absolute atomic E-state index is 6.06. The van der Waals surface area contributed by atoms with Gasteiger partial charge in [0.15, 0.2) is 5.75 Å². The van der Waals surface area contributed by atoms with Gasteiger partial charge in [0, 0.05) is 18.1 Å². The monoisotopic (exact) mass is 335 g/mol. The van der Waals surface area contributed by atoms with Crippen molar-refractivity contribution in [3.05, 3.63) is 50.4 Å². The first-order chi connectivity index (χ1) is 9.01. The summed E-state index contributed by atoms with van der Waals surface area (Å²) in [5.74, 6) is 1.02. The number of hydrogen-bond acceptors (Lipinski definition) is 2. The van der Waals surface area contributed by atoms with Gasteiger partial charge in [-0.3, -0.25) is 0 Å². The molecule has 0 aliphatic rings. The summed E-state index contributed by atoms with van der Waals surface area (Å²) in [6.07, 6.45) is 0. The van der Waals surface area contributed by atoms with E-state index in [-0.39, 0.29) is 0 Å². The van der Waals surface area contributed by atoms with E-state index in [4.69, 9.17) is 51.1 Å². The van der Waals surface area contributed by atoms with Gasteiger partial charge in [-0.15, -0.1) is 0 Å². The van der Waals surface area contributed by atoms with Crippen LogP contribution in [0.2, 0.25) is 20.1 Å². The lowest BCUT2D eigenvalue weighted by atomic mass is 10.3. The minimum atomic E-state index is 0.403. The molecule has 2 nitrogen and oxygen atoms in total. The van der Waals surface area contributed by atoms with Crippen molar-refractivity contribution in [2.45, 2.75) is 0 Å². The van der Waals surface area contributed by atoms with Gasteiger partial charge in [-0.25, -0.2) is 0 Å². The molecule has 0 saturated carbocycles. The number of anilines is 1. The van der Waals surface area contributed by atoms with Crippen LogP contribution < -0.4 is 10.1 Å². The highest BCUT2D eigenvalue weighted by molar-refractivity contribution is 6.42. The van der Waals surface area contributed by atoms with Crippen LogP contribution in [0, 0.1) is 0 Å². The van der Waals surface area contributed by atoms with Gasteiger partial charge in [0.1, 0.15) is 5.75 Å². The summed E-state index contributed by atoms with van der Waals surface area (Å²) in [5, 5.41) is 4.79. The highest BCUT2D eigenvalue weighted by Gasteiger charge is 2.11. The SMILES string of the molecule is CNc1cc(Cl)c(Cl)cc1Oc1ccc(Cl)cc1Cl. The molecule has 1 N–H and O–H groups in total. The van der Waals surface area contributed by atoms with E-state index in [9.17, 15) is 0 Å². The van der Waals surface area contributed by atoms with Crippen molar-refractivity contribution in [2.75, 3.05) is 12.4 Å². The zero-order valence-electron chi connectivity index (χ0n) is 9.81. The lowest BCUT2D eigenvalue weighted by molar-refractivity contribution is 0.485. The van der Waals surface area contributed by atoms with Gasteiger partial charge in [-0.05, 0) is 24.3 Å². The molecular formula is C13H9Cl4NO. The van der Waals surface area contributed by atoms with E-state index in [0.717, 1.165) is 0 Å². The molecule has 0 fully saturated rings. The third-order valence-electron chi connectivity index (χ3n) is 2.41. The highest BCUT2D eigenvalue weighted by atomic mass is 35.5.